The molecule has 0 aliphatic rings. The molecule has 1 heterocycles. The third-order valence-electron chi connectivity index (χ3n) is 6.08. The van der Waals surface area contributed by atoms with E-state index in [9.17, 15) is 24.3 Å². The Morgan fingerprint density at radius 3 is 2.24 bits per heavy atom. The number of hydrogen-bond donors (Lipinski definition) is 6. The van der Waals surface area contributed by atoms with Gasteiger partial charge in [-0.15, -0.1) is 0 Å². The Labute approximate surface area is 225 Å². The second-order valence-corrected chi connectivity index (χ2v) is 9.81. The van der Waals surface area contributed by atoms with Crippen LogP contribution in [0.15, 0.2) is 60.8 Å². The first-order valence-electron chi connectivity index (χ1n) is 12.2. The van der Waals surface area contributed by atoms with Crippen molar-refractivity contribution in [2.24, 2.45) is 5.73 Å². The second kappa shape index (κ2) is 14.2. The smallest absolute Gasteiger partial charge is 0.326 e. The normalized spacial score (nSPS) is 13.3. The molecule has 11 heteroatoms. The number of carboxylic acid groups (broad SMARTS) is 1. The van der Waals surface area contributed by atoms with Crippen molar-refractivity contribution in [3.63, 3.8) is 0 Å². The lowest BCUT2D eigenvalue weighted by Crippen LogP contribution is -2.57. The fourth-order valence-corrected chi connectivity index (χ4v) is 4.55. The molecule has 0 aliphatic carbocycles. The van der Waals surface area contributed by atoms with Crippen LogP contribution in [0.5, 0.6) is 0 Å². The number of amides is 3. The van der Waals surface area contributed by atoms with Gasteiger partial charge in [0.15, 0.2) is 0 Å². The minimum atomic E-state index is -1.18. The number of carboxylic acids is 1. The van der Waals surface area contributed by atoms with Crippen LogP contribution in [0.4, 0.5) is 0 Å². The van der Waals surface area contributed by atoms with Gasteiger partial charge in [0.05, 0.1) is 6.54 Å². The molecule has 0 saturated carbocycles. The maximum absolute atomic E-state index is 13.4. The fraction of sp³-hybridized carbons (Fsp3) is 0.333. The summed E-state index contributed by atoms with van der Waals surface area (Å²) in [5.74, 6) is -2.30. The molecular formula is C27H33N5O5S. The highest BCUT2D eigenvalue weighted by Crippen LogP contribution is 2.19. The molecule has 0 aliphatic heterocycles. The summed E-state index contributed by atoms with van der Waals surface area (Å²) in [6, 6.07) is 13.4. The topological polar surface area (TPSA) is 166 Å². The van der Waals surface area contributed by atoms with Gasteiger partial charge in [0.1, 0.15) is 18.1 Å². The van der Waals surface area contributed by atoms with Crippen LogP contribution in [-0.4, -0.2) is 70.5 Å². The zero-order valence-electron chi connectivity index (χ0n) is 21.1. The lowest BCUT2D eigenvalue weighted by molar-refractivity contribution is -0.142. The van der Waals surface area contributed by atoms with Crippen molar-refractivity contribution in [2.45, 2.75) is 37.4 Å². The van der Waals surface area contributed by atoms with E-state index < -0.39 is 41.8 Å². The average molecular weight is 540 g/mol. The van der Waals surface area contributed by atoms with Gasteiger partial charge >= 0.3 is 5.97 Å². The number of thioether (sulfide) groups is 1. The highest BCUT2D eigenvalue weighted by Gasteiger charge is 2.30. The fourth-order valence-electron chi connectivity index (χ4n) is 4.08. The quantitative estimate of drug-likeness (QED) is 0.179. The van der Waals surface area contributed by atoms with Gasteiger partial charge in [-0.25, -0.2) is 4.79 Å². The molecule has 1 aromatic heterocycles. The number of aromatic amines is 1. The molecule has 2 aromatic carbocycles. The number of benzene rings is 2. The van der Waals surface area contributed by atoms with Crippen molar-refractivity contribution in [3.8, 4) is 0 Å². The minimum absolute atomic E-state index is 0.0981. The molecule has 3 rings (SSSR count). The van der Waals surface area contributed by atoms with Gasteiger partial charge in [-0.2, -0.15) is 11.8 Å². The summed E-state index contributed by atoms with van der Waals surface area (Å²) in [4.78, 5) is 53.7. The Hall–Kier alpha value is -3.83. The second-order valence-electron chi connectivity index (χ2n) is 8.82. The predicted molar refractivity (Wildman–Crippen MR) is 148 cm³/mol. The summed E-state index contributed by atoms with van der Waals surface area (Å²) in [7, 11) is 0. The number of nitrogens with one attached hydrogen (secondary N) is 4. The van der Waals surface area contributed by atoms with Crippen LogP contribution in [0.1, 0.15) is 17.5 Å². The Morgan fingerprint density at radius 1 is 0.895 bits per heavy atom. The summed E-state index contributed by atoms with van der Waals surface area (Å²) in [5.41, 5.74) is 7.94. The van der Waals surface area contributed by atoms with Gasteiger partial charge in [0.25, 0.3) is 0 Å². The van der Waals surface area contributed by atoms with E-state index in [2.05, 4.69) is 20.9 Å². The average Bonchev–Trinajstić information content (AvgIpc) is 3.33. The van der Waals surface area contributed by atoms with Crippen molar-refractivity contribution in [1.82, 2.24) is 20.9 Å². The predicted octanol–water partition coefficient (Wildman–Crippen LogP) is 1.20. The number of carbonyl (C=O) groups excluding carboxylic acids is 3. The highest BCUT2D eigenvalue weighted by atomic mass is 32.2. The van der Waals surface area contributed by atoms with E-state index in [1.165, 1.54) is 11.8 Å². The standard InChI is InChI=1S/C27H33N5O5S/c1-38-12-11-21(25(34)32-23(27(36)37)13-17-7-3-2-4-8-17)31-26(35)22(30-24(33)15-28)14-18-16-29-20-10-6-5-9-19(18)20/h2-10,16,21-23,29H,11-15,28H2,1H3,(H,30,33)(H,31,35)(H,32,34)(H,36,37). The molecule has 10 nitrogen and oxygen atoms in total. The number of para-hydroxylation sites is 1. The first kappa shape index (κ1) is 28.7. The summed E-state index contributed by atoms with van der Waals surface area (Å²) in [6.07, 6.45) is 4.19. The van der Waals surface area contributed by atoms with Gasteiger partial charge in [-0.3, -0.25) is 14.4 Å². The van der Waals surface area contributed by atoms with E-state index in [-0.39, 0.29) is 25.8 Å². The van der Waals surface area contributed by atoms with Crippen molar-refractivity contribution >= 4 is 46.4 Å². The summed E-state index contributed by atoms with van der Waals surface area (Å²) in [6.45, 7) is -0.298. The van der Waals surface area contributed by atoms with Crippen LogP contribution in [0, 0.1) is 0 Å². The summed E-state index contributed by atoms with van der Waals surface area (Å²) < 4.78 is 0. The molecule has 0 bridgehead atoms. The van der Waals surface area contributed by atoms with E-state index in [1.54, 1.807) is 30.5 Å². The van der Waals surface area contributed by atoms with Crippen molar-refractivity contribution in [2.75, 3.05) is 18.6 Å². The third kappa shape index (κ3) is 8.09. The molecule has 38 heavy (non-hydrogen) atoms. The number of H-pyrrole nitrogens is 1. The van der Waals surface area contributed by atoms with Gasteiger partial charge < -0.3 is 31.8 Å². The van der Waals surface area contributed by atoms with Crippen molar-refractivity contribution in [1.29, 1.82) is 0 Å². The first-order valence-corrected chi connectivity index (χ1v) is 13.6. The van der Waals surface area contributed by atoms with Crippen LogP contribution >= 0.6 is 11.8 Å². The molecule has 0 spiro atoms. The van der Waals surface area contributed by atoms with Crippen molar-refractivity contribution in [3.05, 3.63) is 71.9 Å². The number of fused-ring (bicyclic) bond motifs is 1. The van der Waals surface area contributed by atoms with E-state index >= 15 is 0 Å². The Balaban J connectivity index is 1.76. The van der Waals surface area contributed by atoms with E-state index in [0.717, 1.165) is 22.0 Å². The molecule has 3 unspecified atom stereocenters. The van der Waals surface area contributed by atoms with E-state index in [4.69, 9.17) is 5.73 Å². The third-order valence-corrected chi connectivity index (χ3v) is 6.72. The number of aliphatic carboxylic acids is 1. The lowest BCUT2D eigenvalue weighted by atomic mass is 10.0. The van der Waals surface area contributed by atoms with Crippen molar-refractivity contribution < 1.29 is 24.3 Å². The lowest BCUT2D eigenvalue weighted by Gasteiger charge is -2.24. The summed E-state index contributed by atoms with van der Waals surface area (Å²) >= 11 is 1.49. The number of carbonyl (C=O) groups is 4. The van der Waals surface area contributed by atoms with Gasteiger partial charge in [0.2, 0.25) is 17.7 Å². The van der Waals surface area contributed by atoms with Crippen LogP contribution in [0.2, 0.25) is 0 Å². The maximum Gasteiger partial charge on any atom is 0.326 e. The molecule has 7 N–H and O–H groups in total. The Morgan fingerprint density at radius 2 is 1.55 bits per heavy atom. The molecular weight excluding hydrogens is 506 g/mol. The number of nitrogens with two attached hydrogens (primary N) is 1. The molecule has 202 valence electrons. The van der Waals surface area contributed by atoms with Gasteiger partial charge in [-0.05, 0) is 35.6 Å². The largest absolute Gasteiger partial charge is 0.480 e. The first-order chi connectivity index (χ1) is 18.3. The number of hydrogen-bond acceptors (Lipinski definition) is 6. The monoisotopic (exact) mass is 539 g/mol. The minimum Gasteiger partial charge on any atom is -0.480 e. The number of aromatic nitrogens is 1. The zero-order chi connectivity index (χ0) is 27.5. The van der Waals surface area contributed by atoms with Crippen LogP contribution in [0.25, 0.3) is 10.9 Å². The Bertz CT molecular complexity index is 1250. The Kier molecular flexibility index (Phi) is 10.7. The van der Waals surface area contributed by atoms with Crippen LogP contribution < -0.4 is 21.7 Å². The molecule has 3 atom stereocenters. The molecule has 3 amide bonds. The SMILES string of the molecule is CSCCC(NC(=O)C(Cc1c[nH]c2ccccc12)NC(=O)CN)C(=O)NC(Cc1ccccc1)C(=O)O. The van der Waals surface area contributed by atoms with Crippen LogP contribution in [0.3, 0.4) is 0 Å². The van der Waals surface area contributed by atoms with E-state index in [1.807, 2.05) is 36.6 Å². The summed E-state index contributed by atoms with van der Waals surface area (Å²) in [5, 5.41) is 18.5. The zero-order valence-corrected chi connectivity index (χ0v) is 21.9. The molecule has 0 saturated heterocycles. The van der Waals surface area contributed by atoms with Crippen LogP contribution in [-0.2, 0) is 32.0 Å². The van der Waals surface area contributed by atoms with E-state index in [0.29, 0.717) is 5.75 Å². The number of rotatable bonds is 14. The highest BCUT2D eigenvalue weighted by molar-refractivity contribution is 7.98. The maximum atomic E-state index is 13.4. The van der Waals surface area contributed by atoms with Gasteiger partial charge in [-0.1, -0.05) is 48.5 Å². The molecule has 0 radical (unpaired) electrons. The molecule has 0 fully saturated rings. The molecule has 3 aromatic rings. The van der Waals surface area contributed by atoms with Gasteiger partial charge in [0, 0.05) is 29.9 Å².